The molecule has 342 valence electrons. The molecule has 6 aromatic carbocycles. The van der Waals surface area contributed by atoms with Crippen molar-refractivity contribution in [1.82, 2.24) is 19.5 Å². The molecule has 0 bridgehead atoms. The fourth-order valence-corrected chi connectivity index (χ4v) is 8.26. The Bertz CT molecular complexity index is 2890. The number of hydrogen-bond donors (Lipinski definition) is 1. The van der Waals surface area contributed by atoms with E-state index in [0.717, 1.165) is 78.6 Å². The first-order valence-corrected chi connectivity index (χ1v) is 22.0. The highest BCUT2D eigenvalue weighted by Gasteiger charge is 2.36. The van der Waals surface area contributed by atoms with Crippen molar-refractivity contribution in [2.24, 2.45) is 0 Å². The standard InChI is InChI=1S/C54H52N4O9/c1-60-43-17-9-35(10-18-43)39-5-7-41(47(27-39)37-13-21-45(62-3)22-14-37)30-64-25-26-66-54-52-53(55-33-56-54)58(34-57-52)51-29-49(59)50(67-51)32-65-31-42-8-6-40(36-11-19-44(61-2)20-12-36)28-48(42)38-15-23-46(63-4)24-16-38/h5-24,27-28,33-34,49-51,59H,25-26,29-32H2,1-4H3. The summed E-state index contributed by atoms with van der Waals surface area (Å²) in [4.78, 5) is 13.5. The second kappa shape index (κ2) is 20.9. The molecule has 1 fully saturated rings. The Labute approximate surface area is 389 Å². The van der Waals surface area contributed by atoms with E-state index in [1.54, 1.807) is 39.3 Å². The summed E-state index contributed by atoms with van der Waals surface area (Å²) < 4.78 is 48.3. The minimum Gasteiger partial charge on any atom is -0.497 e. The first-order valence-electron chi connectivity index (χ1n) is 22.0. The van der Waals surface area contributed by atoms with Gasteiger partial charge in [0.25, 0.3) is 0 Å². The van der Waals surface area contributed by atoms with Gasteiger partial charge in [0.15, 0.2) is 11.2 Å². The van der Waals surface area contributed by atoms with Crippen molar-refractivity contribution < 1.29 is 43.0 Å². The van der Waals surface area contributed by atoms with Crippen molar-refractivity contribution in [2.45, 2.75) is 38.1 Å². The molecule has 0 amide bonds. The minimum atomic E-state index is -0.764. The van der Waals surface area contributed by atoms with Crippen molar-refractivity contribution in [3.05, 3.63) is 157 Å². The van der Waals surface area contributed by atoms with E-state index in [4.69, 9.17) is 37.9 Å². The lowest BCUT2D eigenvalue weighted by Gasteiger charge is -2.18. The van der Waals surface area contributed by atoms with Gasteiger partial charge in [-0.1, -0.05) is 72.8 Å². The lowest BCUT2D eigenvalue weighted by molar-refractivity contribution is -0.0646. The van der Waals surface area contributed by atoms with Crippen LogP contribution in [0.15, 0.2) is 146 Å². The third-order valence-electron chi connectivity index (χ3n) is 12.0. The summed E-state index contributed by atoms with van der Waals surface area (Å²) >= 11 is 0. The maximum absolute atomic E-state index is 11.2. The van der Waals surface area contributed by atoms with Gasteiger partial charge in [-0.25, -0.2) is 9.97 Å². The van der Waals surface area contributed by atoms with E-state index in [-0.39, 0.29) is 13.2 Å². The van der Waals surface area contributed by atoms with Crippen LogP contribution < -0.4 is 23.7 Å². The Balaban J connectivity index is 0.817. The van der Waals surface area contributed by atoms with Gasteiger partial charge in [-0.3, -0.25) is 4.57 Å². The van der Waals surface area contributed by atoms with Gasteiger partial charge in [0, 0.05) is 6.42 Å². The predicted molar refractivity (Wildman–Crippen MR) is 255 cm³/mol. The van der Waals surface area contributed by atoms with Crippen LogP contribution in [-0.4, -0.2) is 85.1 Å². The first kappa shape index (κ1) is 44.9. The van der Waals surface area contributed by atoms with E-state index >= 15 is 0 Å². The molecule has 1 saturated heterocycles. The number of aromatic nitrogens is 4. The third kappa shape index (κ3) is 10.3. The first-order chi connectivity index (χ1) is 32.9. The highest BCUT2D eigenvalue weighted by molar-refractivity contribution is 5.78. The summed E-state index contributed by atoms with van der Waals surface area (Å²) in [6.45, 7) is 1.41. The molecule has 0 spiro atoms. The van der Waals surface area contributed by atoms with Gasteiger partial charge in [-0.2, -0.15) is 4.98 Å². The number of aliphatic hydroxyl groups excluding tert-OH is 1. The average Bonchev–Trinajstić information content (AvgIpc) is 3.99. The maximum atomic E-state index is 11.2. The molecule has 0 aliphatic carbocycles. The summed E-state index contributed by atoms with van der Waals surface area (Å²) in [5.74, 6) is 3.51. The molecule has 9 rings (SSSR count). The molecule has 8 aromatic rings. The molecular formula is C54H52N4O9. The van der Waals surface area contributed by atoms with E-state index in [2.05, 4.69) is 75.6 Å². The van der Waals surface area contributed by atoms with Crippen LogP contribution in [0.25, 0.3) is 55.7 Å². The second-order valence-electron chi connectivity index (χ2n) is 16.0. The Morgan fingerprint density at radius 2 is 1.03 bits per heavy atom. The quantitative estimate of drug-likeness (QED) is 0.0774. The Morgan fingerprint density at radius 3 is 1.54 bits per heavy atom. The zero-order valence-corrected chi connectivity index (χ0v) is 37.8. The third-order valence-corrected chi connectivity index (χ3v) is 12.0. The zero-order valence-electron chi connectivity index (χ0n) is 37.8. The highest BCUT2D eigenvalue weighted by atomic mass is 16.6. The van der Waals surface area contributed by atoms with Crippen molar-refractivity contribution in [3.63, 3.8) is 0 Å². The molecule has 2 aromatic heterocycles. The summed E-state index contributed by atoms with van der Waals surface area (Å²) in [5.41, 5.74) is 11.5. The van der Waals surface area contributed by atoms with Crippen molar-refractivity contribution >= 4 is 11.2 Å². The number of hydrogen-bond acceptors (Lipinski definition) is 12. The molecule has 13 heteroatoms. The maximum Gasteiger partial charge on any atom is 0.245 e. The molecule has 1 aliphatic heterocycles. The molecule has 0 radical (unpaired) electrons. The molecule has 0 saturated carbocycles. The van der Waals surface area contributed by atoms with Crippen LogP contribution in [0.1, 0.15) is 23.8 Å². The SMILES string of the molecule is COc1ccc(-c2ccc(COCCOc3ncnc4c3ncn4C3CC(O)C(COCc4ccc(-c5ccc(OC)cc5)cc4-c4ccc(OC)cc4)O3)c(-c3ccc(OC)cc3)c2)cc1. The largest absolute Gasteiger partial charge is 0.497 e. The van der Waals surface area contributed by atoms with Crippen molar-refractivity contribution in [1.29, 1.82) is 0 Å². The average molecular weight is 901 g/mol. The van der Waals surface area contributed by atoms with Crippen LogP contribution in [0.4, 0.5) is 0 Å². The lowest BCUT2D eigenvalue weighted by atomic mass is 9.94. The monoisotopic (exact) mass is 900 g/mol. The van der Waals surface area contributed by atoms with Gasteiger partial charge >= 0.3 is 0 Å². The number of fused-ring (bicyclic) bond motifs is 1. The van der Waals surface area contributed by atoms with Crippen LogP contribution in [0.2, 0.25) is 0 Å². The van der Waals surface area contributed by atoms with Crippen molar-refractivity contribution in [2.75, 3.05) is 48.3 Å². The van der Waals surface area contributed by atoms with E-state index in [0.29, 0.717) is 43.3 Å². The van der Waals surface area contributed by atoms with Gasteiger partial charge in [0.05, 0.1) is 67.3 Å². The van der Waals surface area contributed by atoms with E-state index in [1.165, 1.54) is 6.33 Å². The summed E-state index contributed by atoms with van der Waals surface area (Å²) in [6, 6.07) is 44.7. The number of ether oxygens (including phenoxy) is 8. The molecule has 3 unspecified atom stereocenters. The van der Waals surface area contributed by atoms with Gasteiger partial charge in [0.1, 0.15) is 48.3 Å². The van der Waals surface area contributed by atoms with Crippen LogP contribution in [0.3, 0.4) is 0 Å². The molecule has 67 heavy (non-hydrogen) atoms. The summed E-state index contributed by atoms with van der Waals surface area (Å²) in [6.07, 6.45) is 1.57. The highest BCUT2D eigenvalue weighted by Crippen LogP contribution is 2.36. The summed E-state index contributed by atoms with van der Waals surface area (Å²) in [7, 11) is 6.64. The minimum absolute atomic E-state index is 0.185. The van der Waals surface area contributed by atoms with Crippen LogP contribution >= 0.6 is 0 Å². The normalized spacial score (nSPS) is 15.7. The number of benzene rings is 6. The van der Waals surface area contributed by atoms with Gasteiger partial charge in [0.2, 0.25) is 5.88 Å². The van der Waals surface area contributed by atoms with Gasteiger partial charge in [-0.15, -0.1) is 0 Å². The number of aliphatic hydroxyl groups is 1. The topological polar surface area (TPSA) is 138 Å². The molecule has 1 aliphatic rings. The predicted octanol–water partition coefficient (Wildman–Crippen LogP) is 9.99. The van der Waals surface area contributed by atoms with Crippen LogP contribution in [-0.2, 0) is 27.4 Å². The fourth-order valence-electron chi connectivity index (χ4n) is 8.26. The lowest BCUT2D eigenvalue weighted by Crippen LogP contribution is -2.26. The second-order valence-corrected chi connectivity index (χ2v) is 16.0. The summed E-state index contributed by atoms with van der Waals surface area (Å²) in [5, 5.41) is 11.2. The molecule has 3 heterocycles. The number of imidazole rings is 1. The number of rotatable bonds is 19. The van der Waals surface area contributed by atoms with Crippen LogP contribution in [0, 0.1) is 0 Å². The smallest absolute Gasteiger partial charge is 0.245 e. The molecular weight excluding hydrogens is 849 g/mol. The number of nitrogens with zero attached hydrogens (tertiary/aromatic N) is 4. The van der Waals surface area contributed by atoms with Crippen LogP contribution in [0.5, 0.6) is 28.9 Å². The molecule has 1 N–H and O–H groups in total. The Morgan fingerprint density at radius 1 is 0.552 bits per heavy atom. The Kier molecular flexibility index (Phi) is 14.0. The Hall–Kier alpha value is -7.29. The molecule has 3 atom stereocenters. The van der Waals surface area contributed by atoms with E-state index < -0.39 is 18.4 Å². The fraction of sp³-hybridized carbons (Fsp3) is 0.241. The number of methoxy groups -OCH3 is 4. The zero-order chi connectivity index (χ0) is 46.1. The van der Waals surface area contributed by atoms with Gasteiger partial charge < -0.3 is 43.0 Å². The van der Waals surface area contributed by atoms with E-state index in [1.807, 2.05) is 72.8 Å². The molecule has 13 nitrogen and oxygen atoms in total. The van der Waals surface area contributed by atoms with Crippen molar-refractivity contribution in [3.8, 4) is 73.4 Å². The van der Waals surface area contributed by atoms with E-state index in [9.17, 15) is 5.11 Å². The van der Waals surface area contributed by atoms with Gasteiger partial charge in [-0.05, 0) is 116 Å².